The number of halogens is 3. The molecule has 3 atom stereocenters. The van der Waals surface area contributed by atoms with E-state index in [0.717, 1.165) is 24.2 Å². The normalized spacial score (nSPS) is 24.5. The molecule has 4 rings (SSSR count). The van der Waals surface area contributed by atoms with Gasteiger partial charge in [-0.3, -0.25) is 9.58 Å². The summed E-state index contributed by atoms with van der Waals surface area (Å²) >= 11 is 0. The monoisotopic (exact) mass is 399 g/mol. The van der Waals surface area contributed by atoms with Crippen molar-refractivity contribution >= 4 is 0 Å². The maximum absolute atomic E-state index is 12.8. The van der Waals surface area contributed by atoms with Gasteiger partial charge in [0, 0.05) is 23.8 Å². The van der Waals surface area contributed by atoms with Crippen LogP contribution in [-0.4, -0.2) is 56.7 Å². The largest absolute Gasteiger partial charge is 0.408 e. The lowest BCUT2D eigenvalue weighted by molar-refractivity contribution is -0.142. The van der Waals surface area contributed by atoms with Crippen molar-refractivity contribution in [1.29, 1.82) is 0 Å². The van der Waals surface area contributed by atoms with Gasteiger partial charge < -0.3 is 9.26 Å². The molecule has 28 heavy (non-hydrogen) atoms. The number of rotatable bonds is 4. The fourth-order valence-electron chi connectivity index (χ4n) is 4.31. The van der Waals surface area contributed by atoms with Crippen LogP contribution in [0.4, 0.5) is 13.2 Å². The summed E-state index contributed by atoms with van der Waals surface area (Å²) in [6.45, 7) is 6.50. The minimum absolute atomic E-state index is 0.241. The number of fused-ring (bicyclic) bond motifs is 1. The van der Waals surface area contributed by atoms with E-state index in [2.05, 4.69) is 20.1 Å². The maximum Gasteiger partial charge on any atom is 0.408 e. The van der Waals surface area contributed by atoms with Gasteiger partial charge in [0.2, 0.25) is 11.7 Å². The van der Waals surface area contributed by atoms with E-state index in [1.54, 1.807) is 13.8 Å². The van der Waals surface area contributed by atoms with Gasteiger partial charge in [0.25, 0.3) is 0 Å². The molecule has 0 aliphatic carbocycles. The molecule has 0 aromatic carbocycles. The SMILES string of the molecule is Cc1nn(CC(F)(F)F)c(C)c1C(C)c1nc(C2CN3CCCC3CO2)no1. The highest BCUT2D eigenvalue weighted by Gasteiger charge is 2.36. The first-order valence-electron chi connectivity index (χ1n) is 9.52. The van der Waals surface area contributed by atoms with Crippen molar-refractivity contribution in [3.63, 3.8) is 0 Å². The summed E-state index contributed by atoms with van der Waals surface area (Å²) in [6, 6.07) is 0.478. The lowest BCUT2D eigenvalue weighted by atomic mass is 9.99. The lowest BCUT2D eigenvalue weighted by Gasteiger charge is -2.33. The summed E-state index contributed by atoms with van der Waals surface area (Å²) in [6.07, 6.45) is -2.24. The van der Waals surface area contributed by atoms with Crippen molar-refractivity contribution in [3.8, 4) is 0 Å². The van der Waals surface area contributed by atoms with Crippen LogP contribution in [0.3, 0.4) is 0 Å². The zero-order valence-electron chi connectivity index (χ0n) is 16.2. The van der Waals surface area contributed by atoms with Crippen LogP contribution < -0.4 is 0 Å². The summed E-state index contributed by atoms with van der Waals surface area (Å²) in [5, 5.41) is 8.13. The molecule has 4 heterocycles. The van der Waals surface area contributed by atoms with Crippen LogP contribution in [-0.2, 0) is 11.3 Å². The molecule has 0 bridgehead atoms. The van der Waals surface area contributed by atoms with Gasteiger partial charge in [-0.15, -0.1) is 0 Å². The molecule has 2 aromatic heterocycles. The van der Waals surface area contributed by atoms with Gasteiger partial charge in [-0.2, -0.15) is 23.3 Å². The predicted octanol–water partition coefficient (Wildman–Crippen LogP) is 3.13. The molecule has 7 nitrogen and oxygen atoms in total. The van der Waals surface area contributed by atoms with Crippen LogP contribution in [0, 0.1) is 13.8 Å². The second-order valence-electron chi connectivity index (χ2n) is 7.68. The lowest BCUT2D eigenvalue weighted by Crippen LogP contribution is -2.42. The van der Waals surface area contributed by atoms with Crippen molar-refractivity contribution in [2.45, 2.75) is 64.4 Å². The van der Waals surface area contributed by atoms with E-state index < -0.39 is 12.7 Å². The first kappa shape index (κ1) is 19.4. The van der Waals surface area contributed by atoms with Crippen molar-refractivity contribution < 1.29 is 22.4 Å². The molecule has 10 heteroatoms. The molecule has 0 amide bonds. The minimum atomic E-state index is -4.33. The van der Waals surface area contributed by atoms with Crippen molar-refractivity contribution in [2.75, 3.05) is 19.7 Å². The van der Waals surface area contributed by atoms with Crippen LogP contribution in [0.25, 0.3) is 0 Å². The van der Waals surface area contributed by atoms with E-state index >= 15 is 0 Å². The van der Waals surface area contributed by atoms with Gasteiger partial charge in [-0.25, -0.2) is 0 Å². The number of hydrogen-bond acceptors (Lipinski definition) is 6. The Kier molecular flexibility index (Phi) is 4.95. The Morgan fingerprint density at radius 1 is 1.29 bits per heavy atom. The van der Waals surface area contributed by atoms with E-state index in [9.17, 15) is 13.2 Å². The fraction of sp³-hybridized carbons (Fsp3) is 0.722. The number of hydrogen-bond donors (Lipinski definition) is 0. The third kappa shape index (κ3) is 3.67. The third-order valence-electron chi connectivity index (χ3n) is 5.70. The number of aryl methyl sites for hydroxylation is 1. The molecule has 0 spiro atoms. The second-order valence-corrected chi connectivity index (χ2v) is 7.68. The molecular weight excluding hydrogens is 375 g/mol. The van der Waals surface area contributed by atoms with Gasteiger partial charge in [0.05, 0.1) is 18.2 Å². The zero-order chi connectivity index (χ0) is 20.1. The summed E-state index contributed by atoms with van der Waals surface area (Å²) in [4.78, 5) is 6.89. The van der Waals surface area contributed by atoms with Crippen LogP contribution >= 0.6 is 0 Å². The summed E-state index contributed by atoms with van der Waals surface area (Å²) in [7, 11) is 0. The fourth-order valence-corrected chi connectivity index (χ4v) is 4.31. The molecule has 2 aliphatic heterocycles. The minimum Gasteiger partial charge on any atom is -0.367 e. The Bertz CT molecular complexity index is 847. The number of aromatic nitrogens is 4. The molecule has 2 saturated heterocycles. The van der Waals surface area contributed by atoms with Gasteiger partial charge in [-0.05, 0) is 40.2 Å². The Labute approximate surface area is 160 Å². The van der Waals surface area contributed by atoms with Crippen molar-refractivity contribution in [2.24, 2.45) is 0 Å². The highest BCUT2D eigenvalue weighted by Crippen LogP contribution is 2.32. The Morgan fingerprint density at radius 3 is 2.82 bits per heavy atom. The van der Waals surface area contributed by atoms with E-state index in [1.807, 2.05) is 6.92 Å². The smallest absolute Gasteiger partial charge is 0.367 e. The van der Waals surface area contributed by atoms with Crippen LogP contribution in [0.2, 0.25) is 0 Å². The van der Waals surface area contributed by atoms with Crippen LogP contribution in [0.15, 0.2) is 4.52 Å². The number of ether oxygens (including phenoxy) is 1. The molecule has 0 radical (unpaired) electrons. The quantitative estimate of drug-likeness (QED) is 0.787. The molecule has 2 aliphatic rings. The number of morpholine rings is 1. The predicted molar refractivity (Wildman–Crippen MR) is 92.9 cm³/mol. The van der Waals surface area contributed by atoms with Crippen molar-refractivity contribution in [1.82, 2.24) is 24.8 Å². The van der Waals surface area contributed by atoms with E-state index in [1.165, 1.54) is 6.42 Å². The summed E-state index contributed by atoms with van der Waals surface area (Å²) in [5.41, 5.74) is 1.67. The molecular formula is C18H24F3N5O2. The highest BCUT2D eigenvalue weighted by atomic mass is 19.4. The van der Waals surface area contributed by atoms with Gasteiger partial charge in [-0.1, -0.05) is 5.16 Å². The second kappa shape index (κ2) is 7.14. The molecule has 0 N–H and O–H groups in total. The average Bonchev–Trinajstić information content (AvgIpc) is 3.33. The highest BCUT2D eigenvalue weighted by molar-refractivity contribution is 5.32. The molecule has 2 fully saturated rings. The maximum atomic E-state index is 12.8. The Hall–Kier alpha value is -1.94. The molecule has 0 saturated carbocycles. The Balaban J connectivity index is 1.53. The molecule has 3 unspecified atom stereocenters. The summed E-state index contributed by atoms with van der Waals surface area (Å²) in [5.74, 6) is 0.497. The van der Waals surface area contributed by atoms with E-state index in [-0.39, 0.29) is 12.0 Å². The average molecular weight is 399 g/mol. The van der Waals surface area contributed by atoms with Gasteiger partial charge >= 0.3 is 6.18 Å². The molecule has 2 aromatic rings. The van der Waals surface area contributed by atoms with Gasteiger partial charge in [0.15, 0.2) is 0 Å². The van der Waals surface area contributed by atoms with Gasteiger partial charge in [0.1, 0.15) is 12.6 Å². The van der Waals surface area contributed by atoms with Crippen molar-refractivity contribution in [3.05, 3.63) is 28.7 Å². The van der Waals surface area contributed by atoms with E-state index in [0.29, 0.717) is 41.3 Å². The topological polar surface area (TPSA) is 69.2 Å². The molecule has 154 valence electrons. The Morgan fingerprint density at radius 2 is 2.07 bits per heavy atom. The number of nitrogens with zero attached hydrogens (tertiary/aromatic N) is 5. The number of alkyl halides is 3. The van der Waals surface area contributed by atoms with E-state index in [4.69, 9.17) is 9.26 Å². The first-order valence-corrected chi connectivity index (χ1v) is 9.52. The van der Waals surface area contributed by atoms with Crippen LogP contribution in [0.1, 0.15) is 60.5 Å². The third-order valence-corrected chi connectivity index (χ3v) is 5.70. The summed E-state index contributed by atoms with van der Waals surface area (Å²) < 4.78 is 50.7. The standard InChI is InChI=1S/C18H24F3N5O2/c1-10(15-11(2)23-26(12(15)3)9-18(19,20)21)17-22-16(24-28-17)14-7-25-6-4-5-13(25)8-27-14/h10,13-14H,4-9H2,1-3H3. The first-order chi connectivity index (χ1) is 13.2. The van der Waals surface area contributed by atoms with Crippen LogP contribution in [0.5, 0.6) is 0 Å². The zero-order valence-corrected chi connectivity index (χ0v) is 16.2.